The Kier molecular flexibility index (Phi) is 4.34. The number of rotatable bonds is 5. The van der Waals surface area contributed by atoms with Gasteiger partial charge in [0, 0.05) is 23.7 Å². The molecule has 0 bridgehead atoms. The van der Waals surface area contributed by atoms with Crippen LogP contribution in [-0.2, 0) is 0 Å². The van der Waals surface area contributed by atoms with Gasteiger partial charge < -0.3 is 5.32 Å². The summed E-state index contributed by atoms with van der Waals surface area (Å²) in [4.78, 5) is 4.74. The number of nitrogens with one attached hydrogen (secondary N) is 1. The molecule has 4 nitrogen and oxygen atoms in total. The summed E-state index contributed by atoms with van der Waals surface area (Å²) in [5.41, 5.74) is 1.89. The second kappa shape index (κ2) is 6.22. The molecule has 2 aromatic rings. The fourth-order valence-corrected chi connectivity index (χ4v) is 3.42. The largest absolute Gasteiger partial charge is 0.367 e. The van der Waals surface area contributed by atoms with Crippen molar-refractivity contribution >= 4 is 23.1 Å². The molecule has 0 atom stereocenters. The van der Waals surface area contributed by atoms with E-state index < -0.39 is 0 Å². The molecular weight excluding hydrogens is 284 g/mol. The third kappa shape index (κ3) is 2.86. The Morgan fingerprint density at radius 3 is 2.71 bits per heavy atom. The van der Waals surface area contributed by atoms with Crippen LogP contribution in [0.4, 0.5) is 5.82 Å². The van der Waals surface area contributed by atoms with Crippen molar-refractivity contribution in [3.63, 3.8) is 0 Å². The van der Waals surface area contributed by atoms with Crippen LogP contribution in [0.1, 0.15) is 64.0 Å². The number of anilines is 1. The van der Waals surface area contributed by atoms with E-state index in [1.165, 1.54) is 25.7 Å². The SMILES string of the molecule is CCC(CC)c1cc(NC2CCCC2)n2ncc(Cl)c2n1. The molecule has 0 aliphatic heterocycles. The summed E-state index contributed by atoms with van der Waals surface area (Å²) in [6, 6.07) is 2.71. The molecule has 1 saturated carbocycles. The van der Waals surface area contributed by atoms with Crippen LogP contribution in [-0.4, -0.2) is 20.6 Å². The van der Waals surface area contributed by atoms with Gasteiger partial charge >= 0.3 is 0 Å². The van der Waals surface area contributed by atoms with Crippen molar-refractivity contribution in [2.75, 3.05) is 5.32 Å². The molecule has 3 rings (SSSR count). The van der Waals surface area contributed by atoms with E-state index in [1.54, 1.807) is 6.20 Å². The number of hydrogen-bond donors (Lipinski definition) is 1. The summed E-state index contributed by atoms with van der Waals surface area (Å²) in [6.07, 6.45) is 8.96. The zero-order chi connectivity index (χ0) is 14.8. The van der Waals surface area contributed by atoms with Crippen LogP contribution in [0.2, 0.25) is 5.02 Å². The first-order valence-corrected chi connectivity index (χ1v) is 8.41. The Morgan fingerprint density at radius 2 is 2.05 bits per heavy atom. The predicted molar refractivity (Wildman–Crippen MR) is 87.2 cm³/mol. The normalized spacial score (nSPS) is 16.2. The molecule has 21 heavy (non-hydrogen) atoms. The van der Waals surface area contributed by atoms with Crippen molar-refractivity contribution in [2.24, 2.45) is 0 Å². The van der Waals surface area contributed by atoms with Crippen LogP contribution in [0, 0.1) is 0 Å². The van der Waals surface area contributed by atoms with Gasteiger partial charge in [-0.1, -0.05) is 38.3 Å². The second-order valence-electron chi connectivity index (χ2n) is 5.93. The highest BCUT2D eigenvalue weighted by molar-refractivity contribution is 6.33. The minimum atomic E-state index is 0.477. The van der Waals surface area contributed by atoms with Gasteiger partial charge in [0.15, 0.2) is 5.65 Å². The van der Waals surface area contributed by atoms with Crippen molar-refractivity contribution in [1.29, 1.82) is 0 Å². The Bertz CT molecular complexity index is 612. The molecule has 1 N–H and O–H groups in total. The van der Waals surface area contributed by atoms with Gasteiger partial charge in [-0.25, -0.2) is 4.98 Å². The Balaban J connectivity index is 2.02. The zero-order valence-electron chi connectivity index (χ0n) is 12.8. The molecule has 0 radical (unpaired) electrons. The van der Waals surface area contributed by atoms with E-state index in [9.17, 15) is 0 Å². The van der Waals surface area contributed by atoms with E-state index in [0.29, 0.717) is 17.0 Å². The lowest BCUT2D eigenvalue weighted by Gasteiger charge is -2.18. The molecule has 0 spiro atoms. The Morgan fingerprint density at radius 1 is 1.33 bits per heavy atom. The summed E-state index contributed by atoms with van der Waals surface area (Å²) in [5.74, 6) is 1.51. The highest BCUT2D eigenvalue weighted by Gasteiger charge is 2.19. The topological polar surface area (TPSA) is 42.2 Å². The molecule has 0 amide bonds. The standard InChI is InChI=1S/C16H23ClN4/c1-3-11(4-2)14-9-15(19-12-7-5-6-8-12)21-16(20-14)13(17)10-18-21/h9-12,19H,3-8H2,1-2H3. The van der Waals surface area contributed by atoms with Gasteiger partial charge in [0.2, 0.25) is 0 Å². The maximum Gasteiger partial charge on any atom is 0.176 e. The summed E-state index contributed by atoms with van der Waals surface area (Å²) >= 11 is 6.25. The van der Waals surface area contributed by atoms with E-state index in [1.807, 2.05) is 4.52 Å². The lowest BCUT2D eigenvalue weighted by atomic mass is 9.99. The van der Waals surface area contributed by atoms with Gasteiger partial charge in [-0.3, -0.25) is 0 Å². The molecule has 1 aliphatic rings. The number of fused-ring (bicyclic) bond motifs is 1. The lowest BCUT2D eigenvalue weighted by Crippen LogP contribution is -2.18. The van der Waals surface area contributed by atoms with Crippen LogP contribution in [0.25, 0.3) is 5.65 Å². The van der Waals surface area contributed by atoms with Crippen molar-refractivity contribution in [1.82, 2.24) is 14.6 Å². The number of hydrogen-bond acceptors (Lipinski definition) is 3. The van der Waals surface area contributed by atoms with E-state index >= 15 is 0 Å². The van der Waals surface area contributed by atoms with Gasteiger partial charge in [0.1, 0.15) is 10.8 Å². The van der Waals surface area contributed by atoms with Gasteiger partial charge in [-0.2, -0.15) is 9.61 Å². The molecule has 114 valence electrons. The van der Waals surface area contributed by atoms with Crippen molar-refractivity contribution < 1.29 is 0 Å². The molecule has 2 aromatic heterocycles. The highest BCUT2D eigenvalue weighted by Crippen LogP contribution is 2.29. The Labute approximate surface area is 130 Å². The van der Waals surface area contributed by atoms with E-state index in [-0.39, 0.29) is 0 Å². The predicted octanol–water partition coefficient (Wildman–Crippen LogP) is 4.64. The van der Waals surface area contributed by atoms with Gasteiger partial charge in [0.25, 0.3) is 0 Å². The maximum absolute atomic E-state index is 6.25. The lowest BCUT2D eigenvalue weighted by molar-refractivity contribution is 0.621. The minimum absolute atomic E-state index is 0.477. The van der Waals surface area contributed by atoms with Gasteiger partial charge in [-0.15, -0.1) is 0 Å². The van der Waals surface area contributed by atoms with Crippen LogP contribution in [0.15, 0.2) is 12.3 Å². The highest BCUT2D eigenvalue weighted by atomic mass is 35.5. The molecule has 1 aliphatic carbocycles. The minimum Gasteiger partial charge on any atom is -0.367 e. The molecule has 0 saturated heterocycles. The quantitative estimate of drug-likeness (QED) is 0.875. The average molecular weight is 307 g/mol. The monoisotopic (exact) mass is 306 g/mol. The third-order valence-corrected chi connectivity index (χ3v) is 4.83. The van der Waals surface area contributed by atoms with Crippen LogP contribution < -0.4 is 5.32 Å². The fraction of sp³-hybridized carbons (Fsp3) is 0.625. The average Bonchev–Trinajstić information content (AvgIpc) is 3.11. The second-order valence-corrected chi connectivity index (χ2v) is 6.34. The fourth-order valence-electron chi connectivity index (χ4n) is 3.25. The summed E-state index contributed by atoms with van der Waals surface area (Å²) in [5, 5.41) is 8.64. The van der Waals surface area contributed by atoms with Gasteiger partial charge in [-0.05, 0) is 25.7 Å². The van der Waals surface area contributed by atoms with Crippen molar-refractivity contribution in [2.45, 2.75) is 64.3 Å². The number of nitrogens with zero attached hydrogens (tertiary/aromatic N) is 3. The molecule has 2 heterocycles. The zero-order valence-corrected chi connectivity index (χ0v) is 13.5. The Hall–Kier alpha value is -1.29. The first kappa shape index (κ1) is 14.6. The number of halogens is 1. The molecule has 5 heteroatoms. The molecule has 0 aromatic carbocycles. The first-order valence-electron chi connectivity index (χ1n) is 8.03. The summed E-state index contributed by atoms with van der Waals surface area (Å²) < 4.78 is 1.84. The van der Waals surface area contributed by atoms with Crippen LogP contribution in [0.3, 0.4) is 0 Å². The molecule has 1 fully saturated rings. The molecular formula is C16H23ClN4. The number of aromatic nitrogens is 3. The van der Waals surface area contributed by atoms with E-state index in [4.69, 9.17) is 16.6 Å². The van der Waals surface area contributed by atoms with Crippen molar-refractivity contribution in [3.8, 4) is 0 Å². The smallest absolute Gasteiger partial charge is 0.176 e. The molecule has 0 unspecified atom stereocenters. The maximum atomic E-state index is 6.25. The summed E-state index contributed by atoms with van der Waals surface area (Å²) in [7, 11) is 0. The van der Waals surface area contributed by atoms with Crippen LogP contribution in [0.5, 0.6) is 0 Å². The van der Waals surface area contributed by atoms with Crippen molar-refractivity contribution in [3.05, 3.63) is 23.0 Å². The van der Waals surface area contributed by atoms with E-state index in [0.717, 1.165) is 30.0 Å². The van der Waals surface area contributed by atoms with Crippen LogP contribution >= 0.6 is 11.6 Å². The first-order chi connectivity index (χ1) is 10.2. The van der Waals surface area contributed by atoms with Gasteiger partial charge in [0.05, 0.1) is 6.20 Å². The third-order valence-electron chi connectivity index (χ3n) is 4.56. The van der Waals surface area contributed by atoms with E-state index in [2.05, 4.69) is 30.3 Å². The summed E-state index contributed by atoms with van der Waals surface area (Å²) in [6.45, 7) is 4.42.